The zero-order chi connectivity index (χ0) is 15.4. The van der Waals surface area contributed by atoms with Crippen molar-refractivity contribution in [1.82, 2.24) is 4.98 Å². The molecule has 0 aliphatic heterocycles. The van der Waals surface area contributed by atoms with Crippen LogP contribution in [0.5, 0.6) is 11.5 Å². The molecule has 1 heterocycles. The number of rotatable bonds is 6. The number of nitrogens with one attached hydrogen (secondary N) is 1. The van der Waals surface area contributed by atoms with Crippen molar-refractivity contribution in [2.45, 2.75) is 19.9 Å². The molecule has 0 bridgehead atoms. The van der Waals surface area contributed by atoms with Gasteiger partial charge in [-0.3, -0.25) is 0 Å². The number of hydrogen-bond donors (Lipinski definition) is 1. The number of methoxy groups -OCH3 is 2. The van der Waals surface area contributed by atoms with Crippen LogP contribution in [0.3, 0.4) is 0 Å². The van der Waals surface area contributed by atoms with Crippen LogP contribution < -0.4 is 14.8 Å². The number of aromatic nitrogens is 1. The monoisotopic (exact) mass is 308 g/mol. The Labute approximate surface area is 130 Å². The lowest BCUT2D eigenvalue weighted by Crippen LogP contribution is -2.27. The lowest BCUT2D eigenvalue weighted by atomic mass is 10.1. The second kappa shape index (κ2) is 6.85. The minimum Gasteiger partial charge on any atom is -0.493 e. The molecule has 0 amide bonds. The fraction of sp³-hybridized carbons (Fsp3) is 0.438. The number of halogens is 1. The number of fused-ring (bicyclic) bond motifs is 1. The zero-order valence-electron chi connectivity index (χ0n) is 12.8. The van der Waals surface area contributed by atoms with Crippen molar-refractivity contribution in [3.8, 4) is 11.5 Å². The van der Waals surface area contributed by atoms with Crippen molar-refractivity contribution < 1.29 is 9.47 Å². The minimum absolute atomic E-state index is 0.165. The molecule has 0 spiro atoms. The largest absolute Gasteiger partial charge is 0.493 e. The predicted molar refractivity (Wildman–Crippen MR) is 87.8 cm³/mol. The van der Waals surface area contributed by atoms with Gasteiger partial charge in [-0.1, -0.05) is 13.8 Å². The van der Waals surface area contributed by atoms with Crippen LogP contribution in [0.4, 0.5) is 5.82 Å². The third-order valence-electron chi connectivity index (χ3n) is 3.56. The smallest absolute Gasteiger partial charge is 0.161 e. The fourth-order valence-corrected chi connectivity index (χ4v) is 2.61. The Morgan fingerprint density at radius 3 is 2.43 bits per heavy atom. The molecular formula is C16H21ClN2O2. The first kappa shape index (κ1) is 15.7. The first-order chi connectivity index (χ1) is 10.1. The number of alkyl halides is 1. The van der Waals surface area contributed by atoms with Gasteiger partial charge in [-0.2, -0.15) is 0 Å². The second-order valence-corrected chi connectivity index (χ2v) is 5.55. The summed E-state index contributed by atoms with van der Waals surface area (Å²) < 4.78 is 10.7. The molecule has 4 nitrogen and oxygen atoms in total. The quantitative estimate of drug-likeness (QED) is 0.821. The molecule has 0 saturated carbocycles. The van der Waals surface area contributed by atoms with Crippen LogP contribution in [0.15, 0.2) is 24.4 Å². The van der Waals surface area contributed by atoms with Gasteiger partial charge < -0.3 is 14.8 Å². The summed E-state index contributed by atoms with van der Waals surface area (Å²) in [7, 11) is 3.26. The van der Waals surface area contributed by atoms with Gasteiger partial charge in [0, 0.05) is 23.5 Å². The minimum atomic E-state index is 0.165. The number of ether oxygens (including phenoxy) is 2. The van der Waals surface area contributed by atoms with Crippen molar-refractivity contribution >= 4 is 28.2 Å². The Kier molecular flexibility index (Phi) is 5.12. The van der Waals surface area contributed by atoms with Crippen molar-refractivity contribution in [1.29, 1.82) is 0 Å². The highest BCUT2D eigenvalue weighted by Crippen LogP contribution is 2.34. The summed E-state index contributed by atoms with van der Waals surface area (Å²) in [6.07, 6.45) is 1.78. The first-order valence-electron chi connectivity index (χ1n) is 6.94. The van der Waals surface area contributed by atoms with Gasteiger partial charge in [-0.05, 0) is 29.5 Å². The topological polar surface area (TPSA) is 43.4 Å². The highest BCUT2D eigenvalue weighted by molar-refractivity contribution is 6.18. The highest BCUT2D eigenvalue weighted by Gasteiger charge is 2.15. The molecule has 0 aliphatic carbocycles. The normalized spacial score (nSPS) is 12.5. The van der Waals surface area contributed by atoms with Crippen molar-refractivity contribution in [2.24, 2.45) is 5.92 Å². The second-order valence-electron chi connectivity index (χ2n) is 5.24. The van der Waals surface area contributed by atoms with Gasteiger partial charge in [0.2, 0.25) is 0 Å². The molecule has 1 unspecified atom stereocenters. The average molecular weight is 309 g/mol. The molecule has 5 heteroatoms. The molecule has 2 aromatic rings. The molecule has 2 rings (SSSR count). The summed E-state index contributed by atoms with van der Waals surface area (Å²) in [6, 6.07) is 6.01. The Bertz CT molecular complexity index is 616. The van der Waals surface area contributed by atoms with Crippen LogP contribution in [-0.2, 0) is 0 Å². The van der Waals surface area contributed by atoms with E-state index in [0.717, 1.165) is 16.6 Å². The molecule has 0 aliphatic rings. The molecule has 1 atom stereocenters. The third-order valence-corrected chi connectivity index (χ3v) is 3.89. The maximum atomic E-state index is 6.03. The van der Waals surface area contributed by atoms with E-state index in [0.29, 0.717) is 23.3 Å². The summed E-state index contributed by atoms with van der Waals surface area (Å²) in [5, 5.41) is 5.46. The van der Waals surface area contributed by atoms with Gasteiger partial charge in [0.25, 0.3) is 0 Å². The molecule has 21 heavy (non-hydrogen) atoms. The first-order valence-corrected chi connectivity index (χ1v) is 7.47. The number of hydrogen-bond acceptors (Lipinski definition) is 4. The molecule has 1 aromatic heterocycles. The number of anilines is 1. The molecule has 0 fully saturated rings. The maximum Gasteiger partial charge on any atom is 0.161 e. The summed E-state index contributed by atoms with van der Waals surface area (Å²) in [4.78, 5) is 4.44. The Hall–Kier alpha value is -1.68. The van der Waals surface area contributed by atoms with Crippen molar-refractivity contribution in [3.05, 3.63) is 24.4 Å². The molecule has 0 radical (unpaired) electrons. The fourth-order valence-electron chi connectivity index (χ4n) is 2.17. The van der Waals surface area contributed by atoms with Crippen LogP contribution >= 0.6 is 11.6 Å². The molecule has 1 N–H and O–H groups in total. The Balaban J connectivity index is 2.49. The SMILES string of the molecule is COc1cc2ccnc(NC(CCl)C(C)C)c2cc1OC. The molecule has 114 valence electrons. The van der Waals surface area contributed by atoms with E-state index in [1.54, 1.807) is 20.4 Å². The summed E-state index contributed by atoms with van der Waals surface area (Å²) in [5.74, 6) is 3.16. The Morgan fingerprint density at radius 2 is 1.86 bits per heavy atom. The van der Waals surface area contributed by atoms with Gasteiger partial charge in [-0.15, -0.1) is 11.6 Å². The Morgan fingerprint density at radius 1 is 1.19 bits per heavy atom. The van der Waals surface area contributed by atoms with Gasteiger partial charge >= 0.3 is 0 Å². The number of benzene rings is 1. The van der Waals surface area contributed by atoms with Crippen LogP contribution in [0.2, 0.25) is 0 Å². The van der Waals surface area contributed by atoms with Crippen LogP contribution in [0.25, 0.3) is 10.8 Å². The van der Waals surface area contributed by atoms with E-state index >= 15 is 0 Å². The van der Waals surface area contributed by atoms with E-state index < -0.39 is 0 Å². The van der Waals surface area contributed by atoms with E-state index in [1.807, 2.05) is 18.2 Å². The highest BCUT2D eigenvalue weighted by atomic mass is 35.5. The van der Waals surface area contributed by atoms with Crippen molar-refractivity contribution in [3.63, 3.8) is 0 Å². The van der Waals surface area contributed by atoms with Crippen LogP contribution in [-0.4, -0.2) is 31.1 Å². The van der Waals surface area contributed by atoms with Gasteiger partial charge in [-0.25, -0.2) is 4.98 Å². The summed E-state index contributed by atoms with van der Waals surface area (Å²) in [5.41, 5.74) is 0. The van der Waals surface area contributed by atoms with E-state index in [1.165, 1.54) is 0 Å². The molecular weight excluding hydrogens is 288 g/mol. The lowest BCUT2D eigenvalue weighted by Gasteiger charge is -2.21. The van der Waals surface area contributed by atoms with Gasteiger partial charge in [0.1, 0.15) is 5.82 Å². The van der Waals surface area contributed by atoms with E-state index in [-0.39, 0.29) is 6.04 Å². The zero-order valence-corrected chi connectivity index (χ0v) is 13.6. The van der Waals surface area contributed by atoms with Gasteiger partial charge in [0.05, 0.1) is 14.2 Å². The van der Waals surface area contributed by atoms with Crippen LogP contribution in [0.1, 0.15) is 13.8 Å². The third kappa shape index (κ3) is 3.32. The maximum absolute atomic E-state index is 6.03. The summed E-state index contributed by atoms with van der Waals surface area (Å²) in [6.45, 7) is 4.27. The van der Waals surface area contributed by atoms with Crippen LogP contribution in [0, 0.1) is 5.92 Å². The van der Waals surface area contributed by atoms with E-state index in [2.05, 4.69) is 24.1 Å². The average Bonchev–Trinajstić information content (AvgIpc) is 2.50. The predicted octanol–water partition coefficient (Wildman–Crippen LogP) is 3.93. The van der Waals surface area contributed by atoms with Gasteiger partial charge in [0.15, 0.2) is 11.5 Å². The van der Waals surface area contributed by atoms with E-state index in [4.69, 9.17) is 21.1 Å². The number of nitrogens with zero attached hydrogens (tertiary/aromatic N) is 1. The van der Waals surface area contributed by atoms with E-state index in [9.17, 15) is 0 Å². The standard InChI is InChI=1S/C16H21ClN2O2/c1-10(2)13(9-17)19-16-12-8-15(21-4)14(20-3)7-11(12)5-6-18-16/h5-8,10,13H,9H2,1-4H3,(H,18,19). The molecule has 0 saturated heterocycles. The summed E-state index contributed by atoms with van der Waals surface area (Å²) >= 11 is 6.03. The number of pyridine rings is 1. The molecule has 1 aromatic carbocycles. The van der Waals surface area contributed by atoms with Crippen molar-refractivity contribution in [2.75, 3.05) is 25.4 Å². The lowest BCUT2D eigenvalue weighted by molar-refractivity contribution is 0.356.